The van der Waals surface area contributed by atoms with Gasteiger partial charge < -0.3 is 19.9 Å². The van der Waals surface area contributed by atoms with Crippen LogP contribution in [-0.4, -0.2) is 50.8 Å². The number of methoxy groups -OCH3 is 1. The molecular weight excluding hydrogens is 451 g/mol. The molecule has 3 aromatic heterocycles. The second kappa shape index (κ2) is 9.21. The van der Waals surface area contributed by atoms with Gasteiger partial charge >= 0.3 is 0 Å². The van der Waals surface area contributed by atoms with Crippen molar-refractivity contribution in [3.63, 3.8) is 0 Å². The van der Waals surface area contributed by atoms with Gasteiger partial charge in [-0.25, -0.2) is 9.37 Å². The molecule has 4 aromatic rings. The summed E-state index contributed by atoms with van der Waals surface area (Å²) >= 11 is 0. The van der Waals surface area contributed by atoms with E-state index in [9.17, 15) is 9.59 Å². The van der Waals surface area contributed by atoms with Crippen molar-refractivity contribution < 1.29 is 13.9 Å². The summed E-state index contributed by atoms with van der Waals surface area (Å²) < 4.78 is 22.6. The second-order valence-corrected chi connectivity index (χ2v) is 8.53. The average Bonchev–Trinajstić information content (AvgIpc) is 3.28. The lowest BCUT2D eigenvalue weighted by atomic mass is 10.0. The first-order valence-corrected chi connectivity index (χ1v) is 11.4. The number of aromatic nitrogens is 4. The Kier molecular flexibility index (Phi) is 5.94. The van der Waals surface area contributed by atoms with Gasteiger partial charge in [-0.2, -0.15) is 5.10 Å². The Bertz CT molecular complexity index is 1470. The van der Waals surface area contributed by atoms with E-state index < -0.39 is 5.82 Å². The van der Waals surface area contributed by atoms with Crippen LogP contribution < -0.4 is 15.6 Å². The minimum atomic E-state index is -0.602. The molecule has 1 aliphatic heterocycles. The monoisotopic (exact) mass is 476 g/mol. The van der Waals surface area contributed by atoms with E-state index in [0.29, 0.717) is 41.1 Å². The minimum absolute atomic E-state index is 0.161. The van der Waals surface area contributed by atoms with E-state index in [1.807, 2.05) is 0 Å². The summed E-state index contributed by atoms with van der Waals surface area (Å²) in [6, 6.07) is 5.96. The molecule has 180 valence electrons. The average molecular weight is 477 g/mol. The highest BCUT2D eigenvalue weighted by Crippen LogP contribution is 2.34. The van der Waals surface area contributed by atoms with Crippen LogP contribution in [0.2, 0.25) is 0 Å². The number of aromatic amines is 1. The van der Waals surface area contributed by atoms with Crippen LogP contribution in [0.4, 0.5) is 15.8 Å². The number of piperidine rings is 1. The number of nitrogens with one attached hydrogen (secondary N) is 2. The van der Waals surface area contributed by atoms with Gasteiger partial charge in [-0.05, 0) is 43.5 Å². The predicted octanol–water partition coefficient (Wildman–Crippen LogP) is 3.84. The zero-order chi connectivity index (χ0) is 24.5. The fraction of sp³-hybridized carbons (Fsp3) is 0.280. The van der Waals surface area contributed by atoms with Gasteiger partial charge in [0.05, 0.1) is 46.8 Å². The molecule has 0 spiro atoms. The maximum absolute atomic E-state index is 15.5. The minimum Gasteiger partial charge on any atom is -0.496 e. The quantitative estimate of drug-likeness (QED) is 0.454. The summed E-state index contributed by atoms with van der Waals surface area (Å²) in [5.41, 5.74) is 1.82. The molecule has 5 rings (SSSR count). The number of pyridine rings is 2. The molecule has 0 unspecified atom stereocenters. The molecule has 35 heavy (non-hydrogen) atoms. The zero-order valence-corrected chi connectivity index (χ0v) is 19.5. The Morgan fingerprint density at radius 3 is 2.71 bits per heavy atom. The molecule has 0 atom stereocenters. The Morgan fingerprint density at radius 1 is 1.20 bits per heavy atom. The van der Waals surface area contributed by atoms with Gasteiger partial charge in [-0.1, -0.05) is 0 Å². The summed E-state index contributed by atoms with van der Waals surface area (Å²) in [5.74, 6) is -0.578. The number of fused-ring (bicyclic) bond motifs is 1. The van der Waals surface area contributed by atoms with Crippen molar-refractivity contribution in [3.05, 3.63) is 64.6 Å². The van der Waals surface area contributed by atoms with Crippen LogP contribution >= 0.6 is 0 Å². The van der Waals surface area contributed by atoms with Gasteiger partial charge in [0.2, 0.25) is 0 Å². The lowest BCUT2D eigenvalue weighted by molar-refractivity contribution is 0.0720. The number of anilines is 2. The number of amides is 1. The van der Waals surface area contributed by atoms with Gasteiger partial charge in [-0.15, -0.1) is 0 Å². The molecule has 0 radical (unpaired) electrons. The maximum Gasteiger partial charge on any atom is 0.259 e. The van der Waals surface area contributed by atoms with Gasteiger partial charge in [0.25, 0.3) is 11.5 Å². The molecule has 0 saturated carbocycles. The van der Waals surface area contributed by atoms with Crippen molar-refractivity contribution in [2.24, 2.45) is 7.05 Å². The van der Waals surface area contributed by atoms with Crippen molar-refractivity contribution in [2.75, 3.05) is 25.5 Å². The van der Waals surface area contributed by atoms with E-state index in [1.54, 1.807) is 41.2 Å². The van der Waals surface area contributed by atoms with E-state index in [4.69, 9.17) is 4.74 Å². The zero-order valence-electron chi connectivity index (χ0n) is 19.5. The first-order valence-electron chi connectivity index (χ1n) is 11.4. The fourth-order valence-electron chi connectivity index (χ4n) is 4.42. The van der Waals surface area contributed by atoms with Crippen molar-refractivity contribution in [1.29, 1.82) is 0 Å². The molecule has 0 aliphatic carbocycles. The molecule has 9 nitrogen and oxygen atoms in total. The van der Waals surface area contributed by atoms with Crippen LogP contribution in [0.3, 0.4) is 0 Å². The van der Waals surface area contributed by atoms with Crippen LogP contribution in [-0.2, 0) is 7.05 Å². The number of benzene rings is 1. The SMILES string of the molecule is COc1cc(-c2cc(Nc3cnn(C)c3)c3c(=O)[nH]ccc3n2)c(F)cc1C(=O)N1CCCCC1. The number of likely N-dealkylation sites (tertiary alicyclic amines) is 1. The van der Waals surface area contributed by atoms with Crippen LogP contribution in [0.25, 0.3) is 22.2 Å². The third-order valence-electron chi connectivity index (χ3n) is 6.15. The lowest BCUT2D eigenvalue weighted by Crippen LogP contribution is -2.35. The smallest absolute Gasteiger partial charge is 0.259 e. The van der Waals surface area contributed by atoms with E-state index in [2.05, 4.69) is 20.4 Å². The normalized spacial score (nSPS) is 13.7. The van der Waals surface area contributed by atoms with E-state index in [1.165, 1.54) is 25.4 Å². The maximum atomic E-state index is 15.5. The number of hydrogen-bond donors (Lipinski definition) is 2. The summed E-state index contributed by atoms with van der Waals surface area (Å²) in [4.78, 5) is 34.6. The highest BCUT2D eigenvalue weighted by molar-refractivity contribution is 5.98. The number of aryl methyl sites for hydroxylation is 1. The number of H-pyrrole nitrogens is 1. The number of rotatable bonds is 5. The molecule has 10 heteroatoms. The van der Waals surface area contributed by atoms with E-state index >= 15 is 4.39 Å². The van der Waals surface area contributed by atoms with Crippen LogP contribution in [0, 0.1) is 5.82 Å². The Labute approximate surface area is 200 Å². The highest BCUT2D eigenvalue weighted by atomic mass is 19.1. The Morgan fingerprint density at radius 2 is 2.00 bits per heavy atom. The molecule has 2 N–H and O–H groups in total. The van der Waals surface area contributed by atoms with Crippen LogP contribution in [0.15, 0.2) is 47.7 Å². The molecule has 1 aliphatic rings. The van der Waals surface area contributed by atoms with Crippen LogP contribution in [0.1, 0.15) is 29.6 Å². The molecule has 4 heterocycles. The number of halogens is 1. The Hall–Kier alpha value is -4.21. The van der Waals surface area contributed by atoms with Crippen molar-refractivity contribution in [1.82, 2.24) is 24.6 Å². The predicted molar refractivity (Wildman–Crippen MR) is 131 cm³/mol. The third kappa shape index (κ3) is 4.34. The molecule has 1 fully saturated rings. The molecular formula is C25H25FN6O3. The van der Waals surface area contributed by atoms with E-state index in [-0.39, 0.29) is 28.3 Å². The lowest BCUT2D eigenvalue weighted by Gasteiger charge is -2.27. The summed E-state index contributed by atoms with van der Waals surface area (Å²) in [7, 11) is 3.23. The number of carbonyl (C=O) groups is 1. The van der Waals surface area contributed by atoms with Gasteiger partial charge in [0.1, 0.15) is 11.6 Å². The first kappa shape index (κ1) is 22.6. The topological polar surface area (TPSA) is 105 Å². The van der Waals surface area contributed by atoms with Gasteiger partial charge in [0.15, 0.2) is 0 Å². The fourth-order valence-corrected chi connectivity index (χ4v) is 4.42. The molecule has 0 bridgehead atoms. The molecule has 1 aromatic carbocycles. The number of hydrogen-bond acceptors (Lipinski definition) is 6. The number of carbonyl (C=O) groups excluding carboxylic acids is 1. The van der Waals surface area contributed by atoms with Crippen LogP contribution in [0.5, 0.6) is 5.75 Å². The largest absolute Gasteiger partial charge is 0.496 e. The molecule has 1 saturated heterocycles. The van der Waals surface area contributed by atoms with Crippen molar-refractivity contribution in [2.45, 2.75) is 19.3 Å². The standard InChI is InChI=1S/C25H25FN6O3/c1-31-14-15(13-28-31)29-21-12-20(30-19-6-7-27-24(33)23(19)21)16-11-22(35-2)17(10-18(16)26)25(34)32-8-4-3-5-9-32/h6-7,10-14H,3-5,8-9H2,1-2H3,(H,27,33)(H,29,30). The number of ether oxygens (including phenoxy) is 1. The van der Waals surface area contributed by atoms with Gasteiger partial charge in [-0.3, -0.25) is 14.3 Å². The summed E-state index contributed by atoms with van der Waals surface area (Å²) in [5, 5.41) is 7.66. The second-order valence-electron chi connectivity index (χ2n) is 8.53. The highest BCUT2D eigenvalue weighted by Gasteiger charge is 2.24. The van der Waals surface area contributed by atoms with Crippen molar-refractivity contribution >= 4 is 28.2 Å². The van der Waals surface area contributed by atoms with Gasteiger partial charge in [0, 0.05) is 38.1 Å². The third-order valence-corrected chi connectivity index (χ3v) is 6.15. The first-order chi connectivity index (χ1) is 16.9. The van der Waals surface area contributed by atoms with Crippen molar-refractivity contribution in [3.8, 4) is 17.0 Å². The summed E-state index contributed by atoms with van der Waals surface area (Å²) in [6.07, 6.45) is 7.82. The van der Waals surface area contributed by atoms with E-state index in [0.717, 1.165) is 19.3 Å². The molecule has 1 amide bonds. The Balaban J connectivity index is 1.61. The number of nitrogens with zero attached hydrogens (tertiary/aromatic N) is 4. The summed E-state index contributed by atoms with van der Waals surface area (Å²) in [6.45, 7) is 1.30.